The lowest BCUT2D eigenvalue weighted by Gasteiger charge is -2.37. The van der Waals surface area contributed by atoms with E-state index in [1.165, 1.54) is 0 Å². The maximum atomic E-state index is 11.9. The average Bonchev–Trinajstić information content (AvgIpc) is 2.37. The van der Waals surface area contributed by atoms with Crippen LogP contribution in [0.2, 0.25) is 0 Å². The molecule has 0 spiro atoms. The molecular formula is C15H19NO4. The number of rotatable bonds is 6. The summed E-state index contributed by atoms with van der Waals surface area (Å²) in [4.78, 5) is 23.1. The minimum Gasteiger partial charge on any atom is -0.481 e. The minimum absolute atomic E-state index is 0.170. The molecule has 1 amide bonds. The monoisotopic (exact) mass is 277 g/mol. The van der Waals surface area contributed by atoms with Gasteiger partial charge in [0.15, 0.2) is 6.10 Å². The highest BCUT2D eigenvalue weighted by Gasteiger charge is 2.44. The molecular weight excluding hydrogens is 258 g/mol. The zero-order valence-corrected chi connectivity index (χ0v) is 11.5. The number of amides is 1. The number of para-hydroxylation sites is 1. The fourth-order valence-electron chi connectivity index (χ4n) is 2.23. The van der Waals surface area contributed by atoms with Crippen molar-refractivity contribution in [3.05, 3.63) is 30.3 Å². The quantitative estimate of drug-likeness (QED) is 0.831. The Morgan fingerprint density at radius 2 is 2.00 bits per heavy atom. The van der Waals surface area contributed by atoms with E-state index in [-0.39, 0.29) is 12.5 Å². The Bertz CT molecular complexity index is 482. The third kappa shape index (κ3) is 3.10. The fraction of sp³-hybridized carbons (Fsp3) is 0.467. The summed E-state index contributed by atoms with van der Waals surface area (Å²) >= 11 is 0. The Labute approximate surface area is 117 Å². The van der Waals surface area contributed by atoms with Crippen LogP contribution in [0, 0.1) is 5.41 Å². The normalized spacial score (nSPS) is 17.6. The van der Waals surface area contributed by atoms with Gasteiger partial charge in [-0.05, 0) is 31.9 Å². The molecule has 1 aliphatic rings. The molecule has 0 saturated heterocycles. The van der Waals surface area contributed by atoms with E-state index in [2.05, 4.69) is 5.32 Å². The number of hydrogen-bond donors (Lipinski definition) is 2. The molecule has 1 unspecified atom stereocenters. The minimum atomic E-state index is -0.833. The maximum Gasteiger partial charge on any atom is 0.311 e. The highest BCUT2D eigenvalue weighted by Crippen LogP contribution is 2.40. The number of ether oxygens (including phenoxy) is 1. The van der Waals surface area contributed by atoms with Crippen LogP contribution >= 0.6 is 0 Å². The van der Waals surface area contributed by atoms with Crippen LogP contribution in [0.15, 0.2) is 30.3 Å². The van der Waals surface area contributed by atoms with Gasteiger partial charge >= 0.3 is 5.97 Å². The van der Waals surface area contributed by atoms with Crippen molar-refractivity contribution in [2.75, 3.05) is 6.54 Å². The molecule has 1 saturated carbocycles. The summed E-state index contributed by atoms with van der Waals surface area (Å²) in [5.41, 5.74) is -0.776. The van der Waals surface area contributed by atoms with E-state index < -0.39 is 17.5 Å². The van der Waals surface area contributed by atoms with Crippen LogP contribution in [0.1, 0.15) is 26.2 Å². The van der Waals surface area contributed by atoms with Gasteiger partial charge in [0.2, 0.25) is 0 Å². The van der Waals surface area contributed by atoms with E-state index in [0.717, 1.165) is 6.42 Å². The van der Waals surface area contributed by atoms with Crippen LogP contribution in [0.5, 0.6) is 5.75 Å². The lowest BCUT2D eigenvalue weighted by molar-refractivity contribution is -0.154. The van der Waals surface area contributed by atoms with E-state index in [0.29, 0.717) is 18.6 Å². The van der Waals surface area contributed by atoms with Crippen LogP contribution in [0.3, 0.4) is 0 Å². The molecule has 0 bridgehead atoms. The molecule has 5 nitrogen and oxygen atoms in total. The molecule has 1 aromatic carbocycles. The number of nitrogens with one attached hydrogen (secondary N) is 1. The van der Waals surface area contributed by atoms with E-state index >= 15 is 0 Å². The van der Waals surface area contributed by atoms with E-state index in [1.807, 2.05) is 18.2 Å². The van der Waals surface area contributed by atoms with Crippen molar-refractivity contribution in [2.45, 2.75) is 32.3 Å². The van der Waals surface area contributed by atoms with Crippen molar-refractivity contribution in [3.63, 3.8) is 0 Å². The van der Waals surface area contributed by atoms with Gasteiger partial charge < -0.3 is 15.2 Å². The second-order valence-electron chi connectivity index (χ2n) is 5.23. The van der Waals surface area contributed by atoms with Crippen molar-refractivity contribution in [2.24, 2.45) is 5.41 Å². The van der Waals surface area contributed by atoms with Crippen molar-refractivity contribution in [1.82, 2.24) is 5.32 Å². The van der Waals surface area contributed by atoms with E-state index in [9.17, 15) is 14.7 Å². The second kappa shape index (κ2) is 5.94. The first-order valence-electron chi connectivity index (χ1n) is 6.76. The van der Waals surface area contributed by atoms with Gasteiger partial charge in [-0.3, -0.25) is 9.59 Å². The summed E-state index contributed by atoms with van der Waals surface area (Å²) in [5.74, 6) is -0.506. The molecule has 1 fully saturated rings. The van der Waals surface area contributed by atoms with Gasteiger partial charge in [0.25, 0.3) is 5.91 Å². The first-order chi connectivity index (χ1) is 9.53. The van der Waals surface area contributed by atoms with Crippen molar-refractivity contribution in [3.8, 4) is 5.75 Å². The van der Waals surface area contributed by atoms with Crippen molar-refractivity contribution >= 4 is 11.9 Å². The number of carbonyl (C=O) groups is 2. The van der Waals surface area contributed by atoms with Gasteiger partial charge in [-0.1, -0.05) is 24.6 Å². The van der Waals surface area contributed by atoms with Crippen molar-refractivity contribution in [1.29, 1.82) is 0 Å². The topological polar surface area (TPSA) is 75.6 Å². The molecule has 2 N–H and O–H groups in total. The predicted octanol–water partition coefficient (Wildman–Crippen LogP) is 1.82. The molecule has 2 rings (SSSR count). The molecule has 0 heterocycles. The molecule has 0 radical (unpaired) electrons. The SMILES string of the molecule is CC(Oc1ccccc1)C(=O)NCC1(C(=O)O)CCC1. The van der Waals surface area contributed by atoms with E-state index in [4.69, 9.17) is 4.74 Å². The Kier molecular flexibility index (Phi) is 4.27. The zero-order valence-electron chi connectivity index (χ0n) is 11.5. The van der Waals surface area contributed by atoms with Crippen molar-refractivity contribution < 1.29 is 19.4 Å². The Balaban J connectivity index is 1.84. The number of aliphatic carboxylic acids is 1. The van der Waals surface area contributed by atoms with Crippen LogP contribution in [-0.2, 0) is 9.59 Å². The number of benzene rings is 1. The number of carboxylic acid groups (broad SMARTS) is 1. The Morgan fingerprint density at radius 3 is 2.50 bits per heavy atom. The molecule has 1 aliphatic carbocycles. The van der Waals surface area contributed by atoms with Crippen LogP contribution in [-0.4, -0.2) is 29.6 Å². The van der Waals surface area contributed by atoms with E-state index in [1.54, 1.807) is 19.1 Å². The number of carbonyl (C=O) groups excluding carboxylic acids is 1. The fourth-order valence-corrected chi connectivity index (χ4v) is 2.23. The number of hydrogen-bond acceptors (Lipinski definition) is 3. The molecule has 1 aromatic rings. The first kappa shape index (κ1) is 14.4. The second-order valence-corrected chi connectivity index (χ2v) is 5.23. The highest BCUT2D eigenvalue weighted by molar-refractivity contribution is 5.82. The molecule has 0 aromatic heterocycles. The highest BCUT2D eigenvalue weighted by atomic mass is 16.5. The Hall–Kier alpha value is -2.04. The van der Waals surface area contributed by atoms with Gasteiger partial charge in [0.05, 0.1) is 5.41 Å². The third-order valence-electron chi connectivity index (χ3n) is 3.79. The summed E-state index contributed by atoms with van der Waals surface area (Å²) in [6, 6.07) is 9.06. The summed E-state index contributed by atoms with van der Waals surface area (Å²) in [5, 5.41) is 11.9. The van der Waals surface area contributed by atoms with Gasteiger partial charge in [-0.2, -0.15) is 0 Å². The van der Waals surface area contributed by atoms with Gasteiger partial charge in [-0.25, -0.2) is 0 Å². The Morgan fingerprint density at radius 1 is 1.35 bits per heavy atom. The molecule has 20 heavy (non-hydrogen) atoms. The lowest BCUT2D eigenvalue weighted by atomic mass is 9.69. The predicted molar refractivity (Wildman–Crippen MR) is 73.5 cm³/mol. The maximum absolute atomic E-state index is 11.9. The number of carboxylic acids is 1. The first-order valence-corrected chi connectivity index (χ1v) is 6.76. The summed E-state index contributed by atoms with van der Waals surface area (Å²) in [6.07, 6.45) is 1.49. The largest absolute Gasteiger partial charge is 0.481 e. The van der Waals surface area contributed by atoms with Gasteiger partial charge in [0.1, 0.15) is 5.75 Å². The van der Waals surface area contributed by atoms with Crippen LogP contribution < -0.4 is 10.1 Å². The standard InChI is InChI=1S/C15H19NO4/c1-11(20-12-6-3-2-4-7-12)13(17)16-10-15(14(18)19)8-5-9-15/h2-4,6-7,11H,5,8-10H2,1H3,(H,16,17)(H,18,19). The van der Waals surface area contributed by atoms with Gasteiger partial charge in [-0.15, -0.1) is 0 Å². The molecule has 5 heteroatoms. The summed E-state index contributed by atoms with van der Waals surface area (Å²) in [6.45, 7) is 1.82. The zero-order chi connectivity index (χ0) is 14.6. The smallest absolute Gasteiger partial charge is 0.311 e. The van der Waals surface area contributed by atoms with Crippen LogP contribution in [0.4, 0.5) is 0 Å². The molecule has 0 aliphatic heterocycles. The van der Waals surface area contributed by atoms with Gasteiger partial charge in [0, 0.05) is 6.54 Å². The van der Waals surface area contributed by atoms with Crippen LogP contribution in [0.25, 0.3) is 0 Å². The third-order valence-corrected chi connectivity index (χ3v) is 3.79. The average molecular weight is 277 g/mol. The molecule has 1 atom stereocenters. The lowest BCUT2D eigenvalue weighted by Crippen LogP contribution is -2.49. The summed E-state index contributed by atoms with van der Waals surface area (Å²) in [7, 11) is 0. The molecule has 108 valence electrons. The summed E-state index contributed by atoms with van der Waals surface area (Å²) < 4.78 is 5.49.